The van der Waals surface area contributed by atoms with Gasteiger partial charge in [0.25, 0.3) is 0 Å². The van der Waals surface area contributed by atoms with E-state index in [2.05, 4.69) is 109 Å². The van der Waals surface area contributed by atoms with Gasteiger partial charge < -0.3 is 8.83 Å². The molecule has 5 aromatic carbocycles. The van der Waals surface area contributed by atoms with Crippen molar-refractivity contribution in [3.05, 3.63) is 120 Å². The van der Waals surface area contributed by atoms with Crippen molar-refractivity contribution in [2.75, 3.05) is 0 Å². The summed E-state index contributed by atoms with van der Waals surface area (Å²) in [5.74, 6) is 0.971. The molecule has 0 N–H and O–H groups in total. The molecule has 0 atom stereocenters. The number of hydrogen-bond donors (Lipinski definition) is 0. The van der Waals surface area contributed by atoms with E-state index in [4.69, 9.17) is 8.83 Å². The molecule has 2 aromatic heterocycles. The lowest BCUT2D eigenvalue weighted by Crippen LogP contribution is -2.02. The number of furan rings is 2. The lowest BCUT2D eigenvalue weighted by molar-refractivity contribution is 0.584. The summed E-state index contributed by atoms with van der Waals surface area (Å²) >= 11 is 0. The highest BCUT2D eigenvalue weighted by molar-refractivity contribution is 6.16. The maximum absolute atomic E-state index is 6.48. The summed E-state index contributed by atoms with van der Waals surface area (Å²) in [7, 11) is 0. The Labute approximate surface area is 231 Å². The van der Waals surface area contributed by atoms with Crippen LogP contribution in [0.4, 0.5) is 0 Å². The van der Waals surface area contributed by atoms with Gasteiger partial charge in [0, 0.05) is 21.7 Å². The van der Waals surface area contributed by atoms with Gasteiger partial charge in [-0.15, -0.1) is 0 Å². The third kappa shape index (κ3) is 3.05. The van der Waals surface area contributed by atoms with Gasteiger partial charge in [0.05, 0.1) is 0 Å². The van der Waals surface area contributed by atoms with E-state index in [0.29, 0.717) is 0 Å². The van der Waals surface area contributed by atoms with Crippen molar-refractivity contribution in [3.63, 3.8) is 0 Å². The van der Waals surface area contributed by atoms with Crippen LogP contribution in [0.15, 0.2) is 106 Å². The summed E-state index contributed by atoms with van der Waals surface area (Å²) < 4.78 is 12.8. The first-order chi connectivity index (χ1) is 19.8. The largest absolute Gasteiger partial charge is 0.452 e. The Bertz CT molecular complexity index is 2200. The Morgan fingerprint density at radius 1 is 0.500 bits per heavy atom. The maximum atomic E-state index is 6.48. The second kappa shape index (κ2) is 8.34. The minimum absolute atomic E-state index is 0.846. The first-order valence-corrected chi connectivity index (χ1v) is 14.2. The van der Waals surface area contributed by atoms with Crippen LogP contribution in [-0.2, 0) is 12.8 Å². The number of fused-ring (bicyclic) bond motifs is 9. The molecule has 0 bridgehead atoms. The molecule has 40 heavy (non-hydrogen) atoms. The van der Waals surface area contributed by atoms with E-state index < -0.39 is 0 Å². The minimum atomic E-state index is 0.846. The normalized spacial score (nSPS) is 14.4. The summed E-state index contributed by atoms with van der Waals surface area (Å²) in [6.07, 6.45) is 13.1. The third-order valence-corrected chi connectivity index (χ3v) is 8.82. The molecule has 0 amide bonds. The molecular formula is C38H26O2. The van der Waals surface area contributed by atoms with E-state index >= 15 is 0 Å². The van der Waals surface area contributed by atoms with Gasteiger partial charge in [0.2, 0.25) is 0 Å². The quantitative estimate of drug-likeness (QED) is 0.229. The topological polar surface area (TPSA) is 26.3 Å². The second-order valence-corrected chi connectivity index (χ2v) is 11.0. The molecule has 0 saturated carbocycles. The molecule has 9 rings (SSSR count). The molecular weight excluding hydrogens is 488 g/mol. The first-order valence-electron chi connectivity index (χ1n) is 14.2. The SMILES string of the molecule is C1=Cc2c(c(-c3ccccc3)c3ccccc3c2-c2ccc3oc4c(ccc5c6c(oc54)C=CCC6)c3c2)CC1. The molecule has 2 nitrogen and oxygen atoms in total. The molecule has 190 valence electrons. The zero-order valence-electron chi connectivity index (χ0n) is 22.0. The van der Waals surface area contributed by atoms with Crippen LogP contribution in [0.1, 0.15) is 35.3 Å². The van der Waals surface area contributed by atoms with Crippen LogP contribution in [0.3, 0.4) is 0 Å². The van der Waals surface area contributed by atoms with Crippen molar-refractivity contribution in [1.82, 2.24) is 0 Å². The van der Waals surface area contributed by atoms with Crippen molar-refractivity contribution in [1.29, 1.82) is 0 Å². The maximum Gasteiger partial charge on any atom is 0.178 e. The number of hydrogen-bond acceptors (Lipinski definition) is 2. The van der Waals surface area contributed by atoms with Crippen LogP contribution < -0.4 is 0 Å². The summed E-state index contributed by atoms with van der Waals surface area (Å²) in [5.41, 5.74) is 11.9. The molecule has 2 aliphatic carbocycles. The van der Waals surface area contributed by atoms with Crippen LogP contribution in [0.2, 0.25) is 0 Å². The number of allylic oxidation sites excluding steroid dienone is 2. The zero-order chi connectivity index (χ0) is 26.2. The highest BCUT2D eigenvalue weighted by Gasteiger charge is 2.23. The van der Waals surface area contributed by atoms with Crippen molar-refractivity contribution in [2.24, 2.45) is 0 Å². The van der Waals surface area contributed by atoms with Gasteiger partial charge in [0.15, 0.2) is 11.2 Å². The highest BCUT2D eigenvalue weighted by atomic mass is 16.4. The van der Waals surface area contributed by atoms with Crippen LogP contribution in [0.5, 0.6) is 0 Å². The fraction of sp³-hybridized carbons (Fsp3) is 0.105. The van der Waals surface area contributed by atoms with Crippen LogP contribution in [-0.4, -0.2) is 0 Å². The molecule has 0 radical (unpaired) electrons. The monoisotopic (exact) mass is 514 g/mol. The standard InChI is InChI=1S/C38H26O2/c1-2-10-23(11-3-1)35-26-13-4-6-15-28(26)36(29-16-7-5-14-27(29)35)24-18-21-34-32(22-24)31-20-19-30-25-12-8-9-17-33(25)39-37(30)38(31)40-34/h1-4,6-7,9-11,13,15-22H,5,8,12,14H2. The van der Waals surface area contributed by atoms with Crippen LogP contribution in [0, 0.1) is 0 Å². The highest BCUT2D eigenvalue weighted by Crippen LogP contribution is 2.46. The Morgan fingerprint density at radius 2 is 1.23 bits per heavy atom. The molecule has 0 fully saturated rings. The minimum Gasteiger partial charge on any atom is -0.452 e. The van der Waals surface area contributed by atoms with E-state index in [1.165, 1.54) is 55.1 Å². The van der Waals surface area contributed by atoms with Crippen molar-refractivity contribution in [3.8, 4) is 22.3 Å². The Balaban J connectivity index is 1.33. The first kappa shape index (κ1) is 22.0. The number of benzene rings is 5. The lowest BCUT2D eigenvalue weighted by atomic mass is 9.80. The van der Waals surface area contributed by atoms with E-state index in [1.807, 2.05) is 0 Å². The summed E-state index contributed by atoms with van der Waals surface area (Å²) in [6, 6.07) is 30.9. The fourth-order valence-corrected chi connectivity index (χ4v) is 7.06. The van der Waals surface area contributed by atoms with E-state index in [9.17, 15) is 0 Å². The Hall–Kier alpha value is -4.82. The van der Waals surface area contributed by atoms with Crippen molar-refractivity contribution < 1.29 is 8.83 Å². The van der Waals surface area contributed by atoms with Gasteiger partial charge in [-0.1, -0.05) is 78.9 Å². The molecule has 2 aliphatic rings. The van der Waals surface area contributed by atoms with Gasteiger partial charge in [0.1, 0.15) is 11.3 Å². The summed E-state index contributed by atoms with van der Waals surface area (Å²) in [4.78, 5) is 0. The van der Waals surface area contributed by atoms with Gasteiger partial charge in [-0.25, -0.2) is 0 Å². The number of rotatable bonds is 2. The summed E-state index contributed by atoms with van der Waals surface area (Å²) in [6.45, 7) is 0. The molecule has 0 spiro atoms. The Morgan fingerprint density at radius 3 is 2.10 bits per heavy atom. The number of aryl methyl sites for hydroxylation is 1. The molecule has 0 unspecified atom stereocenters. The molecule has 7 aromatic rings. The van der Waals surface area contributed by atoms with Crippen LogP contribution >= 0.6 is 0 Å². The predicted octanol–water partition coefficient (Wildman–Crippen LogP) is 10.7. The smallest absolute Gasteiger partial charge is 0.178 e. The molecule has 0 saturated heterocycles. The third-order valence-electron chi connectivity index (χ3n) is 8.82. The molecule has 0 aliphatic heterocycles. The van der Waals surface area contributed by atoms with Crippen molar-refractivity contribution in [2.45, 2.75) is 25.7 Å². The summed E-state index contributed by atoms with van der Waals surface area (Å²) in [5, 5.41) is 6.00. The van der Waals surface area contributed by atoms with Gasteiger partial charge in [-0.2, -0.15) is 0 Å². The molecule has 2 heteroatoms. The average molecular weight is 515 g/mol. The second-order valence-electron chi connectivity index (χ2n) is 11.0. The Kier molecular flexibility index (Phi) is 4.59. The van der Waals surface area contributed by atoms with Crippen molar-refractivity contribution >= 4 is 55.8 Å². The van der Waals surface area contributed by atoms with E-state index in [-0.39, 0.29) is 0 Å². The van der Waals surface area contributed by atoms with E-state index in [1.54, 1.807) is 0 Å². The molecule has 2 heterocycles. The van der Waals surface area contributed by atoms with Crippen LogP contribution in [0.25, 0.3) is 78.1 Å². The van der Waals surface area contributed by atoms with Gasteiger partial charge in [-0.3, -0.25) is 0 Å². The predicted molar refractivity (Wildman–Crippen MR) is 167 cm³/mol. The lowest BCUT2D eigenvalue weighted by Gasteiger charge is -2.23. The van der Waals surface area contributed by atoms with Gasteiger partial charge >= 0.3 is 0 Å². The van der Waals surface area contributed by atoms with E-state index in [0.717, 1.165) is 59.0 Å². The van der Waals surface area contributed by atoms with Gasteiger partial charge in [-0.05, 0) is 100 Å². The average Bonchev–Trinajstić information content (AvgIpc) is 3.58. The fourth-order valence-electron chi connectivity index (χ4n) is 7.06. The zero-order valence-corrected chi connectivity index (χ0v) is 22.0.